The maximum Gasteiger partial charge on any atom is 0.341 e. The summed E-state index contributed by atoms with van der Waals surface area (Å²) in [5, 5.41) is 7.88. The molecule has 0 radical (unpaired) electrons. The van der Waals surface area contributed by atoms with Crippen molar-refractivity contribution >= 4 is 39.6 Å². The number of fused-ring (bicyclic) bond motifs is 1. The Balaban J connectivity index is 1.81. The molecule has 0 aromatic carbocycles. The van der Waals surface area contributed by atoms with Crippen LogP contribution in [0.15, 0.2) is 0 Å². The molecule has 0 saturated heterocycles. The van der Waals surface area contributed by atoms with Crippen LogP contribution in [-0.2, 0) is 17.6 Å². The van der Waals surface area contributed by atoms with Crippen LogP contribution < -0.4 is 10.6 Å². The molecule has 4 nitrogen and oxygen atoms in total. The van der Waals surface area contributed by atoms with Crippen LogP contribution in [0.4, 0.5) is 5.00 Å². The summed E-state index contributed by atoms with van der Waals surface area (Å²) in [6.45, 7) is 2.23. The SMILES string of the molecule is CCOC(=O)c1c(NC(=S)NC2CC2)sc2c1CCC2. The number of anilines is 1. The summed E-state index contributed by atoms with van der Waals surface area (Å²) >= 11 is 6.94. The van der Waals surface area contributed by atoms with E-state index in [1.54, 1.807) is 11.3 Å². The third-order valence-corrected chi connectivity index (χ3v) is 4.97. The average molecular weight is 310 g/mol. The Morgan fingerprint density at radius 3 is 2.95 bits per heavy atom. The minimum absolute atomic E-state index is 0.233. The minimum atomic E-state index is -0.233. The van der Waals surface area contributed by atoms with Crippen molar-refractivity contribution in [3.8, 4) is 0 Å². The fourth-order valence-electron chi connectivity index (χ4n) is 2.46. The Hall–Kier alpha value is -1.14. The molecular formula is C14H18N2O2S2. The molecule has 1 fully saturated rings. The fourth-order valence-corrected chi connectivity index (χ4v) is 4.08. The van der Waals surface area contributed by atoms with Gasteiger partial charge in [-0.3, -0.25) is 0 Å². The van der Waals surface area contributed by atoms with Crippen molar-refractivity contribution in [2.24, 2.45) is 0 Å². The number of rotatable bonds is 4. The first-order chi connectivity index (χ1) is 9.69. The van der Waals surface area contributed by atoms with Gasteiger partial charge in [0, 0.05) is 10.9 Å². The fraction of sp³-hybridized carbons (Fsp3) is 0.571. The van der Waals surface area contributed by atoms with E-state index in [-0.39, 0.29) is 5.97 Å². The molecule has 6 heteroatoms. The molecule has 108 valence electrons. The van der Waals surface area contributed by atoms with Gasteiger partial charge < -0.3 is 15.4 Å². The number of thiocarbonyl (C=S) groups is 1. The maximum atomic E-state index is 12.2. The van der Waals surface area contributed by atoms with Gasteiger partial charge in [-0.25, -0.2) is 4.79 Å². The molecule has 1 aromatic rings. The van der Waals surface area contributed by atoms with Crippen LogP contribution in [0.5, 0.6) is 0 Å². The third kappa shape index (κ3) is 2.81. The molecular weight excluding hydrogens is 292 g/mol. The van der Waals surface area contributed by atoms with Crippen LogP contribution in [0.1, 0.15) is 47.0 Å². The molecule has 20 heavy (non-hydrogen) atoms. The second-order valence-electron chi connectivity index (χ2n) is 5.15. The predicted octanol–water partition coefficient (Wildman–Crippen LogP) is 2.86. The molecule has 0 atom stereocenters. The van der Waals surface area contributed by atoms with Crippen molar-refractivity contribution in [2.45, 2.75) is 45.1 Å². The summed E-state index contributed by atoms with van der Waals surface area (Å²) in [6, 6.07) is 0.507. The second-order valence-corrected chi connectivity index (χ2v) is 6.67. The normalized spacial score (nSPS) is 16.6. The minimum Gasteiger partial charge on any atom is -0.462 e. The van der Waals surface area contributed by atoms with Gasteiger partial charge in [0.2, 0.25) is 0 Å². The summed E-state index contributed by atoms with van der Waals surface area (Å²) in [6.07, 6.45) is 5.49. The van der Waals surface area contributed by atoms with Gasteiger partial charge in [0.05, 0.1) is 12.2 Å². The zero-order valence-electron chi connectivity index (χ0n) is 11.5. The van der Waals surface area contributed by atoms with Crippen LogP contribution in [0, 0.1) is 0 Å². The van der Waals surface area contributed by atoms with Gasteiger partial charge in [0.25, 0.3) is 0 Å². The van der Waals surface area contributed by atoms with Gasteiger partial charge in [0.15, 0.2) is 5.11 Å². The number of carbonyl (C=O) groups excluding carboxylic acids is 1. The lowest BCUT2D eigenvalue weighted by atomic mass is 10.1. The Morgan fingerprint density at radius 1 is 1.45 bits per heavy atom. The van der Waals surface area contributed by atoms with Gasteiger partial charge in [-0.1, -0.05) is 0 Å². The zero-order valence-corrected chi connectivity index (χ0v) is 13.1. The first kappa shape index (κ1) is 13.8. The van der Waals surface area contributed by atoms with E-state index in [1.165, 1.54) is 17.7 Å². The summed E-state index contributed by atoms with van der Waals surface area (Å²) < 4.78 is 5.19. The topological polar surface area (TPSA) is 50.4 Å². The van der Waals surface area contributed by atoms with Gasteiger partial charge >= 0.3 is 5.97 Å². The monoisotopic (exact) mass is 310 g/mol. The lowest BCUT2D eigenvalue weighted by Gasteiger charge is -2.10. The van der Waals surface area contributed by atoms with E-state index in [1.807, 2.05) is 6.92 Å². The van der Waals surface area contributed by atoms with E-state index in [0.29, 0.717) is 23.3 Å². The Morgan fingerprint density at radius 2 is 2.25 bits per heavy atom. The van der Waals surface area contributed by atoms with Gasteiger partial charge in [-0.05, 0) is 56.8 Å². The van der Waals surface area contributed by atoms with E-state index in [4.69, 9.17) is 17.0 Å². The molecule has 2 aliphatic carbocycles. The number of aryl methyl sites for hydroxylation is 1. The van der Waals surface area contributed by atoms with Crippen LogP contribution in [0.3, 0.4) is 0 Å². The molecule has 0 unspecified atom stereocenters. The zero-order chi connectivity index (χ0) is 14.1. The van der Waals surface area contributed by atoms with Gasteiger partial charge in [0.1, 0.15) is 5.00 Å². The van der Waals surface area contributed by atoms with Crippen molar-refractivity contribution in [1.29, 1.82) is 0 Å². The highest BCUT2D eigenvalue weighted by Gasteiger charge is 2.28. The summed E-state index contributed by atoms with van der Waals surface area (Å²) in [5.41, 5.74) is 1.86. The molecule has 2 aliphatic rings. The molecule has 1 aromatic heterocycles. The molecule has 1 heterocycles. The number of ether oxygens (including phenoxy) is 1. The van der Waals surface area contributed by atoms with Crippen molar-refractivity contribution in [1.82, 2.24) is 5.32 Å². The first-order valence-electron chi connectivity index (χ1n) is 7.08. The number of hydrogen-bond donors (Lipinski definition) is 2. The number of nitrogens with one attached hydrogen (secondary N) is 2. The third-order valence-electron chi connectivity index (χ3n) is 3.54. The van der Waals surface area contributed by atoms with Crippen LogP contribution in [-0.4, -0.2) is 23.7 Å². The van der Waals surface area contributed by atoms with E-state index < -0.39 is 0 Å². The van der Waals surface area contributed by atoms with Crippen LogP contribution in [0.2, 0.25) is 0 Å². The number of carbonyl (C=O) groups is 1. The number of hydrogen-bond acceptors (Lipinski definition) is 4. The highest BCUT2D eigenvalue weighted by atomic mass is 32.1. The second kappa shape index (κ2) is 5.69. The summed E-state index contributed by atoms with van der Waals surface area (Å²) in [7, 11) is 0. The largest absolute Gasteiger partial charge is 0.462 e. The first-order valence-corrected chi connectivity index (χ1v) is 8.30. The lowest BCUT2D eigenvalue weighted by molar-refractivity contribution is 0.0527. The standard InChI is InChI=1S/C14H18N2O2S2/c1-2-18-13(17)11-9-4-3-5-10(9)20-12(11)16-14(19)15-8-6-7-8/h8H,2-7H2,1H3,(H2,15,16,19). The molecule has 1 saturated carbocycles. The highest BCUT2D eigenvalue weighted by Crippen LogP contribution is 2.39. The van der Waals surface area contributed by atoms with Crippen molar-refractivity contribution in [3.63, 3.8) is 0 Å². The van der Waals surface area contributed by atoms with Crippen molar-refractivity contribution in [2.75, 3.05) is 11.9 Å². The van der Waals surface area contributed by atoms with Gasteiger partial charge in [-0.15, -0.1) is 11.3 Å². The summed E-state index contributed by atoms with van der Waals surface area (Å²) in [4.78, 5) is 13.5. The van der Waals surface area contributed by atoms with Crippen LogP contribution in [0.25, 0.3) is 0 Å². The molecule has 0 spiro atoms. The van der Waals surface area contributed by atoms with Crippen molar-refractivity contribution < 1.29 is 9.53 Å². The van der Waals surface area contributed by atoms with E-state index in [0.717, 1.165) is 29.8 Å². The summed E-state index contributed by atoms with van der Waals surface area (Å²) in [5.74, 6) is -0.233. The van der Waals surface area contributed by atoms with Gasteiger partial charge in [-0.2, -0.15) is 0 Å². The Labute approximate surface area is 127 Å². The molecule has 0 bridgehead atoms. The molecule has 0 amide bonds. The average Bonchev–Trinajstić information content (AvgIpc) is 2.96. The molecule has 3 rings (SSSR count). The Kier molecular flexibility index (Phi) is 3.94. The number of esters is 1. The van der Waals surface area contributed by atoms with Crippen LogP contribution >= 0.6 is 23.6 Å². The highest BCUT2D eigenvalue weighted by molar-refractivity contribution is 7.80. The molecule has 0 aliphatic heterocycles. The van der Waals surface area contributed by atoms with E-state index in [9.17, 15) is 4.79 Å². The molecule has 2 N–H and O–H groups in total. The smallest absolute Gasteiger partial charge is 0.341 e. The van der Waals surface area contributed by atoms with E-state index in [2.05, 4.69) is 10.6 Å². The predicted molar refractivity (Wildman–Crippen MR) is 84.7 cm³/mol. The van der Waals surface area contributed by atoms with E-state index >= 15 is 0 Å². The maximum absolute atomic E-state index is 12.2. The van der Waals surface area contributed by atoms with Crippen molar-refractivity contribution in [3.05, 3.63) is 16.0 Å². The lowest BCUT2D eigenvalue weighted by Crippen LogP contribution is -2.30. The Bertz CT molecular complexity index is 550. The quantitative estimate of drug-likeness (QED) is 0.661. The number of thiophene rings is 1.